The zero-order valence-corrected chi connectivity index (χ0v) is 17.4. The van der Waals surface area contributed by atoms with Crippen molar-refractivity contribution in [3.63, 3.8) is 0 Å². The number of amides is 1. The van der Waals surface area contributed by atoms with Gasteiger partial charge in [0.1, 0.15) is 11.5 Å². The summed E-state index contributed by atoms with van der Waals surface area (Å²) in [6, 6.07) is 13.9. The van der Waals surface area contributed by atoms with E-state index in [1.54, 1.807) is 19.2 Å². The second-order valence-electron chi connectivity index (χ2n) is 7.11. The highest BCUT2D eigenvalue weighted by Crippen LogP contribution is 2.35. The molecule has 2 aromatic carbocycles. The highest BCUT2D eigenvalue weighted by atomic mass is 19.1. The number of methoxy groups -OCH3 is 1. The van der Waals surface area contributed by atoms with Crippen LogP contribution in [0, 0.1) is 5.82 Å². The summed E-state index contributed by atoms with van der Waals surface area (Å²) in [4.78, 5) is 11.1. The molecule has 0 aliphatic heterocycles. The average Bonchev–Trinajstić information content (AvgIpc) is 3.26. The number of benzene rings is 2. The van der Waals surface area contributed by atoms with E-state index in [1.165, 1.54) is 18.4 Å². The van der Waals surface area contributed by atoms with Crippen LogP contribution in [-0.4, -0.2) is 36.4 Å². The number of nitrogens with two attached hydrogens (primary N) is 1. The van der Waals surface area contributed by atoms with Gasteiger partial charge in [0.25, 0.3) is 0 Å². The zero-order chi connectivity index (χ0) is 22.5. The molecule has 0 aliphatic carbocycles. The molecule has 0 spiro atoms. The molecule has 0 saturated carbocycles. The number of ether oxygens (including phenoxy) is 1. The van der Waals surface area contributed by atoms with Crippen LogP contribution in [-0.2, 0) is 16.0 Å². The van der Waals surface area contributed by atoms with Gasteiger partial charge in [-0.3, -0.25) is 4.79 Å². The summed E-state index contributed by atoms with van der Waals surface area (Å²) in [6.07, 6.45) is 1.50. The molecule has 8 nitrogen and oxygen atoms in total. The van der Waals surface area contributed by atoms with E-state index in [1.807, 2.05) is 24.3 Å². The minimum absolute atomic E-state index is 0.0358. The fourth-order valence-electron chi connectivity index (χ4n) is 3.39. The van der Waals surface area contributed by atoms with Crippen LogP contribution in [0.15, 0.2) is 59.2 Å². The van der Waals surface area contributed by atoms with Crippen LogP contribution in [0.3, 0.4) is 0 Å². The normalized spacial score (nSPS) is 10.9. The first-order valence-corrected chi connectivity index (χ1v) is 9.96. The number of carbonyl (C=O) groups excluding carboxylic acids is 1. The van der Waals surface area contributed by atoms with Crippen molar-refractivity contribution in [3.05, 3.63) is 66.2 Å². The number of nitrogens with zero attached hydrogens (tertiary/aromatic N) is 2. The van der Waals surface area contributed by atoms with E-state index in [0.717, 1.165) is 16.6 Å². The Hall–Kier alpha value is -3.98. The molecule has 4 rings (SSSR count). The molecule has 164 valence electrons. The molecule has 0 radical (unpaired) electrons. The lowest BCUT2D eigenvalue weighted by molar-refractivity contribution is -0.117. The number of halogens is 1. The average molecular weight is 435 g/mol. The van der Waals surface area contributed by atoms with Gasteiger partial charge >= 0.3 is 0 Å². The number of anilines is 3. The van der Waals surface area contributed by atoms with Gasteiger partial charge in [-0.05, 0) is 29.8 Å². The lowest BCUT2D eigenvalue weighted by Gasteiger charge is -2.13. The van der Waals surface area contributed by atoms with E-state index >= 15 is 0 Å². The molecule has 4 aromatic rings. The zero-order valence-electron chi connectivity index (χ0n) is 17.4. The van der Waals surface area contributed by atoms with Crippen LogP contribution in [0.1, 0.15) is 5.56 Å². The highest BCUT2D eigenvalue weighted by molar-refractivity contribution is 5.99. The topological polar surface area (TPSA) is 115 Å². The molecular weight excluding hydrogens is 413 g/mol. The number of furan rings is 1. The maximum absolute atomic E-state index is 14.5. The Morgan fingerprint density at radius 3 is 2.78 bits per heavy atom. The third-order valence-electron chi connectivity index (χ3n) is 4.85. The number of carbonyl (C=O) groups is 1. The summed E-state index contributed by atoms with van der Waals surface area (Å²) in [5.41, 5.74) is 8.67. The minimum atomic E-state index is -0.540. The summed E-state index contributed by atoms with van der Waals surface area (Å²) in [6.45, 7) is 1.20. The number of para-hydroxylation sites is 1. The Morgan fingerprint density at radius 2 is 2.00 bits per heavy atom. The molecule has 0 bridgehead atoms. The SMILES string of the molecule is COCCNc1ccccc1-c1nnc(Nc2ccc(CC(N)=O)cc2F)c2occc12. The Labute approximate surface area is 183 Å². The van der Waals surface area contributed by atoms with Crippen LogP contribution in [0.25, 0.3) is 22.2 Å². The molecule has 9 heteroatoms. The van der Waals surface area contributed by atoms with Crippen molar-refractivity contribution in [2.24, 2.45) is 5.73 Å². The fraction of sp³-hybridized carbons (Fsp3) is 0.174. The summed E-state index contributed by atoms with van der Waals surface area (Å²) in [5.74, 6) is -0.789. The fourth-order valence-corrected chi connectivity index (χ4v) is 3.39. The first-order chi connectivity index (χ1) is 15.6. The number of fused-ring (bicyclic) bond motifs is 1. The van der Waals surface area contributed by atoms with Crippen molar-refractivity contribution in [1.82, 2.24) is 10.2 Å². The van der Waals surface area contributed by atoms with E-state index < -0.39 is 11.7 Å². The third-order valence-corrected chi connectivity index (χ3v) is 4.85. The lowest BCUT2D eigenvalue weighted by Crippen LogP contribution is -2.13. The van der Waals surface area contributed by atoms with Crippen molar-refractivity contribution < 1.29 is 18.3 Å². The summed E-state index contributed by atoms with van der Waals surface area (Å²) >= 11 is 0. The van der Waals surface area contributed by atoms with E-state index in [2.05, 4.69) is 20.8 Å². The van der Waals surface area contributed by atoms with Crippen LogP contribution in [0.4, 0.5) is 21.6 Å². The van der Waals surface area contributed by atoms with Gasteiger partial charge < -0.3 is 25.5 Å². The molecule has 0 unspecified atom stereocenters. The first-order valence-electron chi connectivity index (χ1n) is 9.96. The predicted molar refractivity (Wildman–Crippen MR) is 120 cm³/mol. The minimum Gasteiger partial charge on any atom is -0.460 e. The first kappa shape index (κ1) is 21.3. The molecule has 2 aromatic heterocycles. The molecule has 0 atom stereocenters. The van der Waals surface area contributed by atoms with Crippen molar-refractivity contribution in [2.45, 2.75) is 6.42 Å². The maximum Gasteiger partial charge on any atom is 0.221 e. The number of aromatic nitrogens is 2. The van der Waals surface area contributed by atoms with Crippen molar-refractivity contribution in [1.29, 1.82) is 0 Å². The number of rotatable bonds is 9. The van der Waals surface area contributed by atoms with Gasteiger partial charge in [-0.1, -0.05) is 24.3 Å². The predicted octanol–water partition coefficient (Wildman–Crippen LogP) is 3.86. The Kier molecular flexibility index (Phi) is 6.27. The summed E-state index contributed by atoms with van der Waals surface area (Å²) in [7, 11) is 1.65. The Bertz CT molecular complexity index is 1260. The van der Waals surface area contributed by atoms with Crippen LogP contribution in [0.2, 0.25) is 0 Å². The molecule has 1 amide bonds. The van der Waals surface area contributed by atoms with E-state index in [4.69, 9.17) is 14.9 Å². The van der Waals surface area contributed by atoms with E-state index in [0.29, 0.717) is 30.0 Å². The van der Waals surface area contributed by atoms with E-state index in [-0.39, 0.29) is 17.9 Å². The van der Waals surface area contributed by atoms with Gasteiger partial charge in [0, 0.05) is 24.9 Å². The molecule has 0 saturated heterocycles. The lowest BCUT2D eigenvalue weighted by atomic mass is 10.1. The molecular formula is C23H22FN5O3. The Morgan fingerprint density at radius 1 is 1.16 bits per heavy atom. The van der Waals surface area contributed by atoms with Crippen LogP contribution in [0.5, 0.6) is 0 Å². The Balaban J connectivity index is 1.67. The van der Waals surface area contributed by atoms with Gasteiger partial charge in [-0.2, -0.15) is 0 Å². The summed E-state index contributed by atoms with van der Waals surface area (Å²) < 4.78 is 25.3. The number of hydrogen-bond acceptors (Lipinski definition) is 7. The van der Waals surface area contributed by atoms with Gasteiger partial charge in [0.05, 0.1) is 30.4 Å². The second-order valence-corrected chi connectivity index (χ2v) is 7.11. The van der Waals surface area contributed by atoms with Crippen LogP contribution >= 0.6 is 0 Å². The third kappa shape index (κ3) is 4.52. The molecule has 2 heterocycles. The molecule has 32 heavy (non-hydrogen) atoms. The van der Waals surface area contributed by atoms with E-state index in [9.17, 15) is 9.18 Å². The standard InChI is InChI=1S/C23H22FN5O3/c1-31-11-9-26-18-5-3-2-4-15(18)21-16-8-10-32-22(16)23(29-28-21)27-19-7-6-14(12-17(19)24)13-20(25)30/h2-8,10,12,26H,9,11,13H2,1H3,(H2,25,30)(H,27,29). The van der Waals surface area contributed by atoms with Crippen molar-refractivity contribution >= 4 is 34.1 Å². The molecule has 0 aliphatic rings. The maximum atomic E-state index is 14.5. The molecule has 4 N–H and O–H groups in total. The van der Waals surface area contributed by atoms with Crippen LogP contribution < -0.4 is 16.4 Å². The van der Waals surface area contributed by atoms with Gasteiger partial charge in [0.15, 0.2) is 11.4 Å². The van der Waals surface area contributed by atoms with Crippen molar-refractivity contribution in [3.8, 4) is 11.3 Å². The smallest absolute Gasteiger partial charge is 0.221 e. The van der Waals surface area contributed by atoms with Gasteiger partial charge in [-0.15, -0.1) is 10.2 Å². The largest absolute Gasteiger partial charge is 0.460 e. The number of nitrogens with one attached hydrogen (secondary N) is 2. The van der Waals surface area contributed by atoms with Gasteiger partial charge in [0.2, 0.25) is 5.91 Å². The van der Waals surface area contributed by atoms with Gasteiger partial charge in [-0.25, -0.2) is 4.39 Å². The van der Waals surface area contributed by atoms with Crippen molar-refractivity contribution in [2.75, 3.05) is 30.9 Å². The second kappa shape index (κ2) is 9.44. The highest BCUT2D eigenvalue weighted by Gasteiger charge is 2.17. The monoisotopic (exact) mass is 435 g/mol. The summed E-state index contributed by atoms with van der Waals surface area (Å²) in [5, 5.41) is 15.6. The number of hydrogen-bond donors (Lipinski definition) is 3. The molecule has 0 fully saturated rings. The number of primary amides is 1. The quantitative estimate of drug-likeness (QED) is 0.342.